The van der Waals surface area contributed by atoms with Gasteiger partial charge in [-0.15, -0.1) is 0 Å². The molecule has 0 aliphatic carbocycles. The van der Waals surface area contributed by atoms with E-state index < -0.39 is 5.97 Å². The molecule has 0 spiro atoms. The maximum atomic E-state index is 6.29. The number of thiol groups is 1. The van der Waals surface area contributed by atoms with Crippen molar-refractivity contribution in [3.8, 4) is 0 Å². The summed E-state index contributed by atoms with van der Waals surface area (Å²) in [5.74, 6) is 0.0401. The molecule has 0 bridgehead atoms. The lowest BCUT2D eigenvalue weighted by Gasteiger charge is -2.43. The normalized spacial score (nSPS) is 14.0. The lowest BCUT2D eigenvalue weighted by molar-refractivity contribution is -0.432. The molecule has 0 N–H and O–H groups in total. The van der Waals surface area contributed by atoms with E-state index in [2.05, 4.69) is 19.6 Å². The summed E-state index contributed by atoms with van der Waals surface area (Å²) in [4.78, 5) is 0. The minimum Gasteiger partial charge on any atom is -0.324 e. The van der Waals surface area contributed by atoms with E-state index in [1.807, 2.05) is 41.5 Å². The zero-order chi connectivity index (χ0) is 19.3. The summed E-state index contributed by atoms with van der Waals surface area (Å²) < 4.78 is 18.9. The molecule has 1 unspecified atom stereocenters. The number of hydrogen-bond donors (Lipinski definition) is 1. The predicted octanol–water partition coefficient (Wildman–Crippen LogP) is 6.60. The summed E-state index contributed by atoms with van der Waals surface area (Å²) in [5.41, 5.74) is 0. The Kier molecular flexibility index (Phi) is 14.4. The van der Waals surface area contributed by atoms with Gasteiger partial charge in [0.05, 0.1) is 18.3 Å². The van der Waals surface area contributed by atoms with Crippen molar-refractivity contribution in [3.63, 3.8) is 0 Å². The van der Waals surface area contributed by atoms with E-state index in [-0.39, 0.29) is 24.2 Å². The summed E-state index contributed by atoms with van der Waals surface area (Å²) in [6.45, 7) is 14.5. The molecule has 0 saturated heterocycles. The second kappa shape index (κ2) is 14.3. The van der Waals surface area contributed by atoms with Crippen LogP contribution >= 0.6 is 12.6 Å². The van der Waals surface area contributed by atoms with E-state index in [4.69, 9.17) is 14.2 Å². The molecule has 3 nitrogen and oxygen atoms in total. The SMILES string of the molecule is CCCCCCCCC(CCS)C(OC(C)C)(OC(C)C)OC(C)C. The van der Waals surface area contributed by atoms with Crippen LogP contribution in [0.4, 0.5) is 0 Å². The van der Waals surface area contributed by atoms with Gasteiger partial charge in [-0.1, -0.05) is 45.4 Å². The molecule has 0 fully saturated rings. The van der Waals surface area contributed by atoms with Gasteiger partial charge in [-0.05, 0) is 60.1 Å². The molecule has 0 aromatic rings. The van der Waals surface area contributed by atoms with Crippen molar-refractivity contribution in [1.82, 2.24) is 0 Å². The standard InChI is InChI=1S/C21H44O3S/c1-8-9-10-11-12-13-14-20(15-16-25)21(22-17(2)3,23-18(4)5)24-19(6)7/h17-20,25H,8-16H2,1-7H3. The van der Waals surface area contributed by atoms with Gasteiger partial charge in [0.25, 0.3) is 5.97 Å². The molecular weight excluding hydrogens is 332 g/mol. The first-order valence-corrected chi connectivity index (χ1v) is 11.0. The molecule has 0 rings (SSSR count). The molecule has 25 heavy (non-hydrogen) atoms. The molecule has 0 heterocycles. The van der Waals surface area contributed by atoms with Crippen LogP contribution in [0, 0.1) is 5.92 Å². The third-order valence-electron chi connectivity index (χ3n) is 4.08. The number of ether oxygens (including phenoxy) is 3. The Labute approximate surface area is 163 Å². The van der Waals surface area contributed by atoms with Crippen LogP contribution in [-0.2, 0) is 14.2 Å². The predicted molar refractivity (Wildman–Crippen MR) is 111 cm³/mol. The van der Waals surface area contributed by atoms with Crippen LogP contribution in [0.25, 0.3) is 0 Å². The quantitative estimate of drug-likeness (QED) is 0.187. The van der Waals surface area contributed by atoms with E-state index in [1.165, 1.54) is 38.5 Å². The van der Waals surface area contributed by atoms with Gasteiger partial charge < -0.3 is 14.2 Å². The van der Waals surface area contributed by atoms with E-state index in [1.54, 1.807) is 0 Å². The van der Waals surface area contributed by atoms with Gasteiger partial charge in [0.1, 0.15) is 0 Å². The third kappa shape index (κ3) is 11.5. The zero-order valence-electron chi connectivity index (χ0n) is 17.8. The van der Waals surface area contributed by atoms with Crippen molar-refractivity contribution in [2.24, 2.45) is 5.92 Å². The fourth-order valence-electron chi connectivity index (χ4n) is 3.18. The average molecular weight is 377 g/mol. The maximum Gasteiger partial charge on any atom is 0.286 e. The Morgan fingerprint density at radius 1 is 0.680 bits per heavy atom. The van der Waals surface area contributed by atoms with Gasteiger partial charge in [-0.2, -0.15) is 12.6 Å². The fourth-order valence-corrected chi connectivity index (χ4v) is 3.49. The minimum atomic E-state index is -0.970. The van der Waals surface area contributed by atoms with Crippen LogP contribution in [0.15, 0.2) is 0 Å². The van der Waals surface area contributed by atoms with Gasteiger partial charge >= 0.3 is 0 Å². The largest absolute Gasteiger partial charge is 0.324 e. The highest BCUT2D eigenvalue weighted by Crippen LogP contribution is 2.36. The first kappa shape index (κ1) is 25.2. The molecule has 0 aliphatic rings. The Morgan fingerprint density at radius 2 is 1.12 bits per heavy atom. The summed E-state index contributed by atoms with van der Waals surface area (Å²) >= 11 is 4.49. The van der Waals surface area contributed by atoms with Crippen molar-refractivity contribution in [3.05, 3.63) is 0 Å². The topological polar surface area (TPSA) is 27.7 Å². The monoisotopic (exact) mass is 376 g/mol. The number of hydrogen-bond acceptors (Lipinski definition) is 4. The third-order valence-corrected chi connectivity index (χ3v) is 4.34. The molecule has 0 saturated carbocycles. The fraction of sp³-hybridized carbons (Fsp3) is 1.00. The maximum absolute atomic E-state index is 6.29. The van der Waals surface area contributed by atoms with Crippen LogP contribution < -0.4 is 0 Å². The minimum absolute atomic E-state index is 0.0458. The number of unbranched alkanes of at least 4 members (excludes halogenated alkanes) is 5. The summed E-state index contributed by atoms with van der Waals surface area (Å²) in [6.07, 6.45) is 9.87. The van der Waals surface area contributed by atoms with E-state index in [9.17, 15) is 0 Å². The van der Waals surface area contributed by atoms with Crippen LogP contribution in [0.5, 0.6) is 0 Å². The molecule has 0 radical (unpaired) electrons. The van der Waals surface area contributed by atoms with Crippen molar-refractivity contribution < 1.29 is 14.2 Å². The average Bonchev–Trinajstić information content (AvgIpc) is 2.47. The van der Waals surface area contributed by atoms with E-state index in [0.717, 1.165) is 18.6 Å². The first-order valence-electron chi connectivity index (χ1n) is 10.4. The number of rotatable bonds is 16. The highest BCUT2D eigenvalue weighted by Gasteiger charge is 2.44. The molecule has 1 atom stereocenters. The smallest absolute Gasteiger partial charge is 0.286 e. The van der Waals surface area contributed by atoms with Gasteiger partial charge in [0.15, 0.2) is 0 Å². The Balaban J connectivity index is 5.09. The van der Waals surface area contributed by atoms with Crippen molar-refractivity contribution in [1.29, 1.82) is 0 Å². The molecular formula is C21H44O3S. The Bertz CT molecular complexity index is 279. The highest BCUT2D eigenvalue weighted by atomic mass is 32.1. The highest BCUT2D eigenvalue weighted by molar-refractivity contribution is 7.80. The van der Waals surface area contributed by atoms with Crippen LogP contribution in [0.2, 0.25) is 0 Å². The Hall–Kier alpha value is 0.230. The van der Waals surface area contributed by atoms with Gasteiger partial charge in [-0.3, -0.25) is 0 Å². The molecule has 0 aromatic carbocycles. The molecule has 0 amide bonds. The van der Waals surface area contributed by atoms with Crippen molar-refractivity contribution in [2.45, 2.75) is 124 Å². The molecule has 0 aliphatic heterocycles. The summed E-state index contributed by atoms with van der Waals surface area (Å²) in [7, 11) is 0. The van der Waals surface area contributed by atoms with Crippen LogP contribution in [0.3, 0.4) is 0 Å². The lowest BCUT2D eigenvalue weighted by atomic mass is 9.94. The molecule has 152 valence electrons. The van der Waals surface area contributed by atoms with Gasteiger partial charge in [0, 0.05) is 5.92 Å². The second-order valence-electron chi connectivity index (χ2n) is 7.87. The van der Waals surface area contributed by atoms with Crippen LogP contribution in [-0.4, -0.2) is 30.0 Å². The van der Waals surface area contributed by atoms with Gasteiger partial charge in [0.2, 0.25) is 0 Å². The van der Waals surface area contributed by atoms with Gasteiger partial charge in [-0.25, -0.2) is 0 Å². The summed E-state index contributed by atoms with van der Waals surface area (Å²) in [5, 5.41) is 0. The molecule has 0 aromatic heterocycles. The first-order chi connectivity index (χ1) is 11.8. The lowest BCUT2D eigenvalue weighted by Crippen LogP contribution is -2.51. The van der Waals surface area contributed by atoms with Crippen LogP contribution in [0.1, 0.15) is 99.8 Å². The Morgan fingerprint density at radius 3 is 1.52 bits per heavy atom. The van der Waals surface area contributed by atoms with E-state index >= 15 is 0 Å². The van der Waals surface area contributed by atoms with Crippen molar-refractivity contribution >= 4 is 12.6 Å². The van der Waals surface area contributed by atoms with E-state index in [0.29, 0.717) is 0 Å². The van der Waals surface area contributed by atoms with Crippen molar-refractivity contribution in [2.75, 3.05) is 5.75 Å². The summed E-state index contributed by atoms with van der Waals surface area (Å²) in [6, 6.07) is 0. The molecule has 4 heteroatoms. The zero-order valence-corrected chi connectivity index (χ0v) is 18.7. The second-order valence-corrected chi connectivity index (χ2v) is 8.32.